The average molecular weight is 310 g/mol. The predicted octanol–water partition coefficient (Wildman–Crippen LogP) is 3.96. The maximum Gasteiger partial charge on any atom is 0.153 e. The molecule has 0 saturated heterocycles. The first kappa shape index (κ1) is 12.6. The fourth-order valence-electron chi connectivity index (χ4n) is 0.921. The average Bonchev–Trinajstić information content (AvgIpc) is 2.26. The summed E-state index contributed by atoms with van der Waals surface area (Å²) in [5.74, 6) is 0.477. The van der Waals surface area contributed by atoms with Crippen molar-refractivity contribution in [1.29, 1.82) is 0 Å². The van der Waals surface area contributed by atoms with Crippen LogP contribution in [0.4, 0.5) is 0 Å². The number of hydrogen-bond acceptors (Lipinski definition) is 2. The van der Waals surface area contributed by atoms with E-state index in [4.69, 9.17) is 27.9 Å². The lowest BCUT2D eigenvalue weighted by Gasteiger charge is -2.07. The molecule has 5 heteroatoms. The van der Waals surface area contributed by atoms with E-state index in [1.165, 1.54) is 5.54 Å². The summed E-state index contributed by atoms with van der Waals surface area (Å²) >= 11 is 14.3. The molecule has 0 aromatic heterocycles. The largest absolute Gasteiger partial charge is 0.487 e. The molecule has 0 heterocycles. The zero-order valence-electron chi connectivity index (χ0n) is 7.54. The second kappa shape index (κ2) is 6.16. The lowest BCUT2D eigenvalue weighted by atomic mass is 10.2. The van der Waals surface area contributed by atoms with E-state index in [2.05, 4.69) is 15.9 Å². The van der Waals surface area contributed by atoms with Gasteiger partial charge in [0.05, 0.1) is 10.6 Å². The van der Waals surface area contributed by atoms with Crippen LogP contribution in [0.2, 0.25) is 0 Å². The van der Waals surface area contributed by atoms with E-state index in [1.807, 2.05) is 0 Å². The Morgan fingerprint density at radius 1 is 1.53 bits per heavy atom. The van der Waals surface area contributed by atoms with Crippen LogP contribution in [0.5, 0.6) is 5.75 Å². The van der Waals surface area contributed by atoms with Crippen molar-refractivity contribution in [1.82, 2.24) is 0 Å². The van der Waals surface area contributed by atoms with Crippen LogP contribution in [0.1, 0.15) is 10.4 Å². The van der Waals surface area contributed by atoms with E-state index >= 15 is 0 Å². The highest BCUT2D eigenvalue weighted by atomic mass is 79.9. The number of benzene rings is 1. The quantitative estimate of drug-likeness (QED) is 0.787. The second-order valence-electron chi connectivity index (χ2n) is 2.64. The summed E-state index contributed by atoms with van der Waals surface area (Å²) in [7, 11) is 0. The predicted molar refractivity (Wildman–Crippen MR) is 64.8 cm³/mol. The highest BCUT2D eigenvalue weighted by molar-refractivity contribution is 9.10. The Bertz CT molecular complexity index is 391. The topological polar surface area (TPSA) is 26.3 Å². The van der Waals surface area contributed by atoms with Gasteiger partial charge in [0.1, 0.15) is 12.4 Å². The van der Waals surface area contributed by atoms with E-state index in [1.54, 1.807) is 18.2 Å². The lowest BCUT2D eigenvalue weighted by Crippen LogP contribution is -1.99. The van der Waals surface area contributed by atoms with Gasteiger partial charge < -0.3 is 4.74 Å². The molecule has 0 amide bonds. The van der Waals surface area contributed by atoms with Gasteiger partial charge in [0.25, 0.3) is 0 Å². The van der Waals surface area contributed by atoms with Crippen molar-refractivity contribution in [3.8, 4) is 5.75 Å². The molecule has 0 aliphatic rings. The molecule has 0 saturated carbocycles. The summed E-state index contributed by atoms with van der Waals surface area (Å²) in [6, 6.07) is 5.13. The fraction of sp³-hybridized carbons (Fsp3) is 0.100. The minimum Gasteiger partial charge on any atom is -0.487 e. The number of halogens is 3. The van der Waals surface area contributed by atoms with Gasteiger partial charge in [-0.15, -0.1) is 0 Å². The molecule has 1 aromatic carbocycles. The summed E-state index contributed by atoms with van der Waals surface area (Å²) in [6.45, 7) is 0.146. The highest BCUT2D eigenvalue weighted by Crippen LogP contribution is 2.22. The Morgan fingerprint density at radius 2 is 2.27 bits per heavy atom. The SMILES string of the molecule is O=Cc1cc(Br)ccc1OCC(Cl)=CCl. The van der Waals surface area contributed by atoms with E-state index in [-0.39, 0.29) is 6.61 Å². The smallest absolute Gasteiger partial charge is 0.153 e. The Kier molecular flexibility index (Phi) is 5.15. The number of carbonyl (C=O) groups is 1. The first-order valence-electron chi connectivity index (χ1n) is 3.99. The monoisotopic (exact) mass is 308 g/mol. The van der Waals surface area contributed by atoms with Gasteiger partial charge in [-0.05, 0) is 18.2 Å². The van der Waals surface area contributed by atoms with Crippen LogP contribution in [-0.4, -0.2) is 12.9 Å². The first-order chi connectivity index (χ1) is 7.17. The third-order valence-corrected chi connectivity index (χ3v) is 2.67. The van der Waals surface area contributed by atoms with E-state index < -0.39 is 0 Å². The Hall–Kier alpha value is -0.510. The number of ether oxygens (including phenoxy) is 1. The van der Waals surface area contributed by atoms with Crippen molar-refractivity contribution in [3.63, 3.8) is 0 Å². The van der Waals surface area contributed by atoms with Gasteiger partial charge in [0.2, 0.25) is 0 Å². The van der Waals surface area contributed by atoms with E-state index in [9.17, 15) is 4.79 Å². The zero-order valence-corrected chi connectivity index (χ0v) is 10.6. The van der Waals surface area contributed by atoms with Gasteiger partial charge >= 0.3 is 0 Å². The molecule has 0 aliphatic carbocycles. The zero-order chi connectivity index (χ0) is 11.3. The van der Waals surface area contributed by atoms with E-state index in [0.717, 1.165) is 10.8 Å². The summed E-state index contributed by atoms with van der Waals surface area (Å²) in [6.07, 6.45) is 0.721. The van der Waals surface area contributed by atoms with Crippen molar-refractivity contribution in [3.05, 3.63) is 38.8 Å². The number of carbonyl (C=O) groups excluding carboxylic acids is 1. The molecular weight excluding hydrogens is 303 g/mol. The van der Waals surface area contributed by atoms with Gasteiger partial charge in [-0.25, -0.2) is 0 Å². The Morgan fingerprint density at radius 3 is 2.87 bits per heavy atom. The van der Waals surface area contributed by atoms with Gasteiger partial charge in [0.15, 0.2) is 6.29 Å². The molecule has 15 heavy (non-hydrogen) atoms. The third-order valence-electron chi connectivity index (χ3n) is 1.58. The van der Waals surface area contributed by atoms with Crippen molar-refractivity contribution in [2.45, 2.75) is 0 Å². The normalized spacial score (nSPS) is 11.3. The Balaban J connectivity index is 2.80. The van der Waals surface area contributed by atoms with Crippen LogP contribution in [0.15, 0.2) is 33.2 Å². The molecule has 80 valence electrons. The van der Waals surface area contributed by atoms with Crippen LogP contribution in [-0.2, 0) is 0 Å². The summed E-state index contributed by atoms with van der Waals surface area (Å²) in [5.41, 5.74) is 1.68. The maximum atomic E-state index is 10.7. The highest BCUT2D eigenvalue weighted by Gasteiger charge is 2.04. The first-order valence-corrected chi connectivity index (χ1v) is 5.60. The van der Waals surface area contributed by atoms with Gasteiger partial charge in [0, 0.05) is 10.0 Å². The standard InChI is InChI=1S/C10H7BrCl2O2/c11-8-1-2-10(7(3-8)5-14)15-6-9(13)4-12/h1-5H,6H2. The van der Waals surface area contributed by atoms with Crippen LogP contribution < -0.4 is 4.74 Å². The van der Waals surface area contributed by atoms with Crippen molar-refractivity contribution in [2.24, 2.45) is 0 Å². The molecule has 0 N–H and O–H groups in total. The van der Waals surface area contributed by atoms with Crippen molar-refractivity contribution in [2.75, 3.05) is 6.61 Å². The molecular formula is C10H7BrCl2O2. The minimum atomic E-state index is 0.146. The van der Waals surface area contributed by atoms with Gasteiger partial charge in [-0.3, -0.25) is 4.79 Å². The molecule has 0 spiro atoms. The molecule has 1 aromatic rings. The summed E-state index contributed by atoms with van der Waals surface area (Å²) in [4.78, 5) is 10.7. The van der Waals surface area contributed by atoms with Crippen molar-refractivity contribution >= 4 is 45.4 Å². The van der Waals surface area contributed by atoms with Crippen LogP contribution >= 0.6 is 39.1 Å². The molecule has 0 fully saturated rings. The fourth-order valence-corrected chi connectivity index (χ4v) is 1.42. The molecule has 1 rings (SSSR count). The molecule has 0 atom stereocenters. The lowest BCUT2D eigenvalue weighted by molar-refractivity contribution is 0.112. The number of rotatable bonds is 4. The van der Waals surface area contributed by atoms with Crippen LogP contribution in [0, 0.1) is 0 Å². The molecule has 0 aliphatic heterocycles. The second-order valence-corrected chi connectivity index (χ2v) is 4.26. The Labute approximate surface area is 106 Å². The molecule has 2 nitrogen and oxygen atoms in total. The van der Waals surface area contributed by atoms with Crippen molar-refractivity contribution < 1.29 is 9.53 Å². The molecule has 0 unspecified atom stereocenters. The molecule has 0 bridgehead atoms. The van der Waals surface area contributed by atoms with Crippen LogP contribution in [0.25, 0.3) is 0 Å². The third kappa shape index (κ3) is 3.86. The molecule has 0 radical (unpaired) electrons. The van der Waals surface area contributed by atoms with Gasteiger partial charge in [-0.2, -0.15) is 0 Å². The number of aldehydes is 1. The maximum absolute atomic E-state index is 10.7. The summed E-state index contributed by atoms with van der Waals surface area (Å²) in [5, 5.41) is 0.372. The summed E-state index contributed by atoms with van der Waals surface area (Å²) < 4.78 is 6.11. The van der Waals surface area contributed by atoms with Crippen LogP contribution in [0.3, 0.4) is 0 Å². The minimum absolute atomic E-state index is 0.146. The van der Waals surface area contributed by atoms with E-state index in [0.29, 0.717) is 16.3 Å². The number of hydrogen-bond donors (Lipinski definition) is 0. The van der Waals surface area contributed by atoms with Gasteiger partial charge in [-0.1, -0.05) is 39.1 Å².